The van der Waals surface area contributed by atoms with Crippen LogP contribution in [0.4, 0.5) is 0 Å². The molecule has 1 rings (SSSR count). The first-order valence-corrected chi connectivity index (χ1v) is 6.42. The molecule has 1 heterocycles. The Labute approximate surface area is 109 Å². The van der Waals surface area contributed by atoms with Gasteiger partial charge in [0.1, 0.15) is 0 Å². The number of esters is 1. The van der Waals surface area contributed by atoms with Crippen LogP contribution in [-0.2, 0) is 9.53 Å². The van der Waals surface area contributed by atoms with E-state index in [0.29, 0.717) is 12.5 Å². The molecule has 1 N–H and O–H groups in total. The number of imidazole rings is 1. The van der Waals surface area contributed by atoms with Crippen molar-refractivity contribution in [1.29, 1.82) is 0 Å². The average molecular weight is 253 g/mol. The third kappa shape index (κ3) is 3.84. The number of ether oxygens (including phenoxy) is 1. The molecule has 1 aromatic rings. The van der Waals surface area contributed by atoms with Gasteiger partial charge in [-0.15, -0.1) is 0 Å². The number of nitrogens with zero attached hydrogens (tertiary/aromatic N) is 2. The van der Waals surface area contributed by atoms with E-state index in [2.05, 4.69) is 35.6 Å². The summed E-state index contributed by atoms with van der Waals surface area (Å²) in [5.74, 6) is -0.208. The Morgan fingerprint density at radius 3 is 2.83 bits per heavy atom. The molecule has 0 radical (unpaired) electrons. The Hall–Kier alpha value is -1.36. The molecular formula is C13H23N3O2. The Morgan fingerprint density at radius 1 is 1.56 bits per heavy atom. The standard InChI is InChI=1S/C13H23N3O2/c1-5-6-15-11(7-13(17)18-4)12-8-14-9-16(12)10(2)3/h8-11,15H,5-7H2,1-4H3. The van der Waals surface area contributed by atoms with Crippen molar-refractivity contribution in [1.82, 2.24) is 14.9 Å². The zero-order valence-corrected chi connectivity index (χ0v) is 11.6. The predicted octanol–water partition coefficient (Wildman–Crippen LogP) is 2.07. The number of carbonyl (C=O) groups excluding carboxylic acids is 1. The van der Waals surface area contributed by atoms with Gasteiger partial charge in [-0.3, -0.25) is 4.79 Å². The lowest BCUT2D eigenvalue weighted by Gasteiger charge is -2.21. The molecule has 0 amide bonds. The third-order valence-electron chi connectivity index (χ3n) is 2.85. The van der Waals surface area contributed by atoms with E-state index >= 15 is 0 Å². The molecule has 0 aliphatic heterocycles. The van der Waals surface area contributed by atoms with Crippen LogP contribution in [0.2, 0.25) is 0 Å². The third-order valence-corrected chi connectivity index (χ3v) is 2.85. The predicted molar refractivity (Wildman–Crippen MR) is 70.3 cm³/mol. The minimum absolute atomic E-state index is 0.0395. The molecule has 0 aromatic carbocycles. The molecule has 0 aliphatic carbocycles. The highest BCUT2D eigenvalue weighted by Crippen LogP contribution is 2.20. The lowest BCUT2D eigenvalue weighted by atomic mass is 10.1. The SMILES string of the molecule is CCCNC(CC(=O)OC)c1cncn1C(C)C. The number of hydrogen-bond acceptors (Lipinski definition) is 4. The largest absolute Gasteiger partial charge is 0.469 e. The quantitative estimate of drug-likeness (QED) is 0.756. The summed E-state index contributed by atoms with van der Waals surface area (Å²) in [6.07, 6.45) is 4.97. The van der Waals surface area contributed by atoms with Crippen molar-refractivity contribution in [2.45, 2.75) is 45.7 Å². The summed E-state index contributed by atoms with van der Waals surface area (Å²) in [5, 5.41) is 3.37. The molecule has 1 aromatic heterocycles. The second-order valence-electron chi connectivity index (χ2n) is 4.61. The summed E-state index contributed by atoms with van der Waals surface area (Å²) in [5.41, 5.74) is 1.03. The Kier molecular flexibility index (Phi) is 5.85. The van der Waals surface area contributed by atoms with Crippen molar-refractivity contribution < 1.29 is 9.53 Å². The second kappa shape index (κ2) is 7.16. The molecule has 1 atom stereocenters. The summed E-state index contributed by atoms with van der Waals surface area (Å²) >= 11 is 0. The molecular weight excluding hydrogens is 230 g/mol. The Bertz CT molecular complexity index is 374. The van der Waals surface area contributed by atoms with E-state index in [4.69, 9.17) is 4.74 Å². The van der Waals surface area contributed by atoms with E-state index in [1.807, 2.05) is 6.20 Å². The van der Waals surface area contributed by atoms with Gasteiger partial charge in [0.2, 0.25) is 0 Å². The maximum Gasteiger partial charge on any atom is 0.307 e. The molecule has 0 fully saturated rings. The van der Waals surface area contributed by atoms with Gasteiger partial charge in [0.15, 0.2) is 0 Å². The molecule has 5 heteroatoms. The number of aromatic nitrogens is 2. The van der Waals surface area contributed by atoms with Crippen molar-refractivity contribution >= 4 is 5.97 Å². The molecule has 102 valence electrons. The van der Waals surface area contributed by atoms with E-state index in [1.54, 1.807) is 6.33 Å². The lowest BCUT2D eigenvalue weighted by molar-refractivity contribution is -0.141. The van der Waals surface area contributed by atoms with E-state index in [1.165, 1.54) is 7.11 Å². The fourth-order valence-corrected chi connectivity index (χ4v) is 1.87. The number of carbonyl (C=O) groups is 1. The number of rotatable bonds is 7. The van der Waals surface area contributed by atoms with Crippen LogP contribution in [0.15, 0.2) is 12.5 Å². The van der Waals surface area contributed by atoms with Crippen molar-refractivity contribution in [3.8, 4) is 0 Å². The highest BCUT2D eigenvalue weighted by molar-refractivity contribution is 5.70. The van der Waals surface area contributed by atoms with Gasteiger partial charge in [0.05, 0.1) is 31.6 Å². The van der Waals surface area contributed by atoms with E-state index in [-0.39, 0.29) is 12.0 Å². The summed E-state index contributed by atoms with van der Waals surface area (Å²) < 4.78 is 6.83. The molecule has 18 heavy (non-hydrogen) atoms. The van der Waals surface area contributed by atoms with Crippen LogP contribution in [0.3, 0.4) is 0 Å². The minimum Gasteiger partial charge on any atom is -0.469 e. The molecule has 5 nitrogen and oxygen atoms in total. The van der Waals surface area contributed by atoms with Crippen LogP contribution in [0.1, 0.15) is 51.4 Å². The summed E-state index contributed by atoms with van der Waals surface area (Å²) in [6, 6.07) is 0.286. The summed E-state index contributed by atoms with van der Waals surface area (Å²) in [4.78, 5) is 15.6. The molecule has 1 unspecified atom stereocenters. The van der Waals surface area contributed by atoms with E-state index < -0.39 is 0 Å². The van der Waals surface area contributed by atoms with Crippen LogP contribution in [0.25, 0.3) is 0 Å². The van der Waals surface area contributed by atoms with Gasteiger partial charge >= 0.3 is 5.97 Å². The first kappa shape index (κ1) is 14.7. The van der Waals surface area contributed by atoms with E-state index in [0.717, 1.165) is 18.7 Å². The number of hydrogen-bond donors (Lipinski definition) is 1. The molecule has 0 spiro atoms. The van der Waals surface area contributed by atoms with Crippen LogP contribution in [0.5, 0.6) is 0 Å². The maximum atomic E-state index is 11.5. The Morgan fingerprint density at radius 2 is 2.28 bits per heavy atom. The van der Waals surface area contributed by atoms with Gasteiger partial charge in [-0.05, 0) is 26.8 Å². The van der Waals surface area contributed by atoms with Gasteiger partial charge in [0.25, 0.3) is 0 Å². The number of nitrogens with one attached hydrogen (secondary N) is 1. The first-order valence-electron chi connectivity index (χ1n) is 6.42. The van der Waals surface area contributed by atoms with Gasteiger partial charge in [-0.2, -0.15) is 0 Å². The van der Waals surface area contributed by atoms with Gasteiger partial charge < -0.3 is 14.6 Å². The van der Waals surface area contributed by atoms with Gasteiger partial charge in [0, 0.05) is 12.2 Å². The molecule has 0 bridgehead atoms. The molecule has 0 saturated heterocycles. The van der Waals surface area contributed by atoms with Gasteiger partial charge in [-0.25, -0.2) is 4.98 Å². The second-order valence-corrected chi connectivity index (χ2v) is 4.61. The fraction of sp³-hybridized carbons (Fsp3) is 0.692. The average Bonchev–Trinajstić information content (AvgIpc) is 2.83. The maximum absolute atomic E-state index is 11.5. The van der Waals surface area contributed by atoms with Crippen LogP contribution >= 0.6 is 0 Å². The van der Waals surface area contributed by atoms with Gasteiger partial charge in [-0.1, -0.05) is 6.92 Å². The van der Waals surface area contributed by atoms with Crippen molar-refractivity contribution in [2.75, 3.05) is 13.7 Å². The normalized spacial score (nSPS) is 12.7. The van der Waals surface area contributed by atoms with Crippen molar-refractivity contribution in [3.63, 3.8) is 0 Å². The van der Waals surface area contributed by atoms with Crippen LogP contribution in [0, 0.1) is 0 Å². The molecule has 0 aliphatic rings. The van der Waals surface area contributed by atoms with Crippen molar-refractivity contribution in [2.24, 2.45) is 0 Å². The zero-order chi connectivity index (χ0) is 13.5. The highest BCUT2D eigenvalue weighted by atomic mass is 16.5. The van der Waals surface area contributed by atoms with E-state index in [9.17, 15) is 4.79 Å². The smallest absolute Gasteiger partial charge is 0.307 e. The topological polar surface area (TPSA) is 56.1 Å². The Balaban J connectivity index is 2.86. The molecule has 0 saturated carbocycles. The van der Waals surface area contributed by atoms with Crippen molar-refractivity contribution in [3.05, 3.63) is 18.2 Å². The zero-order valence-electron chi connectivity index (χ0n) is 11.6. The minimum atomic E-state index is -0.208. The highest BCUT2D eigenvalue weighted by Gasteiger charge is 2.20. The summed E-state index contributed by atoms with van der Waals surface area (Å²) in [7, 11) is 1.42. The van der Waals surface area contributed by atoms with Crippen LogP contribution in [-0.4, -0.2) is 29.2 Å². The lowest BCUT2D eigenvalue weighted by Crippen LogP contribution is -2.27. The monoisotopic (exact) mass is 253 g/mol. The van der Waals surface area contributed by atoms with Crippen LogP contribution < -0.4 is 5.32 Å². The number of methoxy groups -OCH3 is 1. The first-order chi connectivity index (χ1) is 8.60. The fourth-order valence-electron chi connectivity index (χ4n) is 1.87. The summed E-state index contributed by atoms with van der Waals surface area (Å²) in [6.45, 7) is 7.16.